The maximum absolute atomic E-state index is 13.2. The maximum Gasteiger partial charge on any atom is 0.329 e. The minimum Gasteiger partial charge on any atom is -0.297 e. The fraction of sp³-hybridized carbons (Fsp3) is 0.360. The largest absolute Gasteiger partial charge is 0.329 e. The van der Waals surface area contributed by atoms with E-state index in [-0.39, 0.29) is 23.4 Å². The van der Waals surface area contributed by atoms with Crippen LogP contribution in [0.2, 0.25) is 0 Å². The van der Waals surface area contributed by atoms with Gasteiger partial charge in [0.2, 0.25) is 5.82 Å². The zero-order valence-electron chi connectivity index (χ0n) is 19.3. The molecule has 1 aromatic carbocycles. The summed E-state index contributed by atoms with van der Waals surface area (Å²) < 4.78 is 3.40. The number of hydrogen-bond donors (Lipinski definition) is 1. The van der Waals surface area contributed by atoms with Crippen molar-refractivity contribution in [2.45, 2.75) is 52.1 Å². The summed E-state index contributed by atoms with van der Waals surface area (Å²) in [5.41, 5.74) is 4.35. The quantitative estimate of drug-likeness (QED) is 0.412. The van der Waals surface area contributed by atoms with E-state index in [0.717, 1.165) is 53.8 Å². The molecule has 9 heteroatoms. The Labute approximate surface area is 196 Å². The molecule has 1 saturated carbocycles. The van der Waals surface area contributed by atoms with Crippen LogP contribution in [0.15, 0.2) is 53.6 Å². The molecule has 0 spiro atoms. The number of rotatable bonds is 9. The third-order valence-electron chi connectivity index (χ3n) is 6.51. The third kappa shape index (κ3) is 3.98. The van der Waals surface area contributed by atoms with Crippen LogP contribution < -0.4 is 5.69 Å². The predicted octanol–water partition coefficient (Wildman–Crippen LogP) is 3.43. The number of tetrazole rings is 1. The molecule has 5 rings (SSSR count). The fourth-order valence-corrected chi connectivity index (χ4v) is 4.55. The lowest BCUT2D eigenvalue weighted by Gasteiger charge is -2.09. The average molecular weight is 458 g/mol. The molecule has 1 aliphatic carbocycles. The van der Waals surface area contributed by atoms with Gasteiger partial charge in [0, 0.05) is 35.1 Å². The van der Waals surface area contributed by atoms with Crippen molar-refractivity contribution in [2.75, 3.05) is 0 Å². The number of H-pyrrole nitrogens is 1. The average Bonchev–Trinajstić information content (AvgIpc) is 3.18. The molecular weight excluding hydrogens is 430 g/mol. The van der Waals surface area contributed by atoms with Gasteiger partial charge in [-0.15, -0.1) is 10.2 Å². The van der Waals surface area contributed by atoms with E-state index in [0.29, 0.717) is 12.4 Å². The highest BCUT2D eigenvalue weighted by atomic mass is 16.2. The summed E-state index contributed by atoms with van der Waals surface area (Å²) in [6.45, 7) is 4.49. The lowest BCUT2D eigenvalue weighted by atomic mass is 10.0. The number of carbonyl (C=O) groups is 1. The van der Waals surface area contributed by atoms with Crippen LogP contribution in [-0.4, -0.2) is 40.5 Å². The van der Waals surface area contributed by atoms with Crippen LogP contribution in [0.25, 0.3) is 22.5 Å². The molecule has 0 aliphatic heterocycles. The lowest BCUT2D eigenvalue weighted by Crippen LogP contribution is -2.26. The van der Waals surface area contributed by atoms with E-state index in [1.54, 1.807) is 15.3 Å². The minimum absolute atomic E-state index is 0.0377. The number of aromatic nitrogens is 7. The van der Waals surface area contributed by atoms with Crippen LogP contribution in [-0.2, 0) is 17.8 Å². The van der Waals surface area contributed by atoms with Crippen molar-refractivity contribution in [1.82, 2.24) is 34.7 Å². The van der Waals surface area contributed by atoms with Crippen molar-refractivity contribution in [1.29, 1.82) is 0 Å². The first-order valence-corrected chi connectivity index (χ1v) is 11.7. The van der Waals surface area contributed by atoms with Crippen LogP contribution in [0.1, 0.15) is 50.5 Å². The van der Waals surface area contributed by atoms with Gasteiger partial charge in [0.1, 0.15) is 6.04 Å². The van der Waals surface area contributed by atoms with E-state index in [2.05, 4.69) is 32.5 Å². The Morgan fingerprint density at radius 1 is 1.06 bits per heavy atom. The van der Waals surface area contributed by atoms with E-state index in [1.807, 2.05) is 49.5 Å². The van der Waals surface area contributed by atoms with E-state index < -0.39 is 0 Å². The predicted molar refractivity (Wildman–Crippen MR) is 127 cm³/mol. The summed E-state index contributed by atoms with van der Waals surface area (Å²) in [7, 11) is 0. The number of aryl methyl sites for hydroxylation is 1. The summed E-state index contributed by atoms with van der Waals surface area (Å²) >= 11 is 0. The van der Waals surface area contributed by atoms with Crippen molar-refractivity contribution in [3.05, 3.63) is 70.7 Å². The number of Topliss-reactive ketones (excluding diaryl/α,β-unsaturated/α-hetero) is 1. The molecule has 3 aromatic heterocycles. The molecule has 34 heavy (non-hydrogen) atoms. The molecular formula is C25H27N7O2. The lowest BCUT2D eigenvalue weighted by molar-refractivity contribution is -0.111. The van der Waals surface area contributed by atoms with Gasteiger partial charge in [-0.25, -0.2) is 4.79 Å². The molecule has 0 radical (unpaired) electrons. The van der Waals surface area contributed by atoms with Gasteiger partial charge in [0.15, 0.2) is 5.78 Å². The first-order valence-electron chi connectivity index (χ1n) is 11.7. The van der Waals surface area contributed by atoms with Gasteiger partial charge in [0.05, 0.1) is 12.2 Å². The van der Waals surface area contributed by atoms with E-state index in [9.17, 15) is 9.59 Å². The van der Waals surface area contributed by atoms with Crippen LogP contribution in [0.3, 0.4) is 0 Å². The van der Waals surface area contributed by atoms with Gasteiger partial charge >= 0.3 is 5.69 Å². The number of benzene rings is 1. The second-order valence-corrected chi connectivity index (χ2v) is 8.68. The molecule has 9 nitrogen and oxygen atoms in total. The normalized spacial score (nSPS) is 17.3. The smallest absolute Gasteiger partial charge is 0.297 e. The maximum atomic E-state index is 13.2. The highest BCUT2D eigenvalue weighted by molar-refractivity contribution is 6.01. The standard InChI is InChI=1S/C25H27N7O2/c1-3-5-8-18-15-32(22-19(4-2)23(22)33)25(34)31(18)14-17-12-11-16(13-26-17)20-9-6-7-10-21(20)24-27-29-30-28-24/h6-7,9-13,15,19,22H,3-5,8,14H2,1-2H3,(H,27,28,29,30). The SMILES string of the molecule is CCCCc1cn(C2C(=O)C2CC)c(=O)n1Cc1ccc(-c2ccccc2-c2nn[nH]n2)cn1. The molecule has 0 amide bonds. The summed E-state index contributed by atoms with van der Waals surface area (Å²) in [6.07, 6.45) is 7.27. The first kappa shape index (κ1) is 21.9. The van der Waals surface area contributed by atoms with Gasteiger partial charge in [-0.3, -0.25) is 18.9 Å². The Hall–Kier alpha value is -3.88. The number of carbonyl (C=O) groups excluding carboxylic acids is 1. The molecule has 2 atom stereocenters. The van der Waals surface area contributed by atoms with Crippen molar-refractivity contribution in [3.63, 3.8) is 0 Å². The Morgan fingerprint density at radius 3 is 2.53 bits per heavy atom. The molecule has 1 fully saturated rings. The third-order valence-corrected chi connectivity index (χ3v) is 6.51. The van der Waals surface area contributed by atoms with Crippen LogP contribution in [0, 0.1) is 5.92 Å². The van der Waals surface area contributed by atoms with Crippen LogP contribution >= 0.6 is 0 Å². The second-order valence-electron chi connectivity index (χ2n) is 8.68. The van der Waals surface area contributed by atoms with E-state index in [4.69, 9.17) is 0 Å². The monoisotopic (exact) mass is 457 g/mol. The Balaban J connectivity index is 1.43. The molecule has 3 heterocycles. The molecule has 0 bridgehead atoms. The van der Waals surface area contributed by atoms with Crippen molar-refractivity contribution in [2.24, 2.45) is 5.92 Å². The zero-order valence-corrected chi connectivity index (χ0v) is 19.3. The number of nitrogens with one attached hydrogen (secondary N) is 1. The summed E-state index contributed by atoms with van der Waals surface area (Å²) in [5.74, 6) is 0.643. The summed E-state index contributed by atoms with van der Waals surface area (Å²) in [4.78, 5) is 30.1. The minimum atomic E-state index is -0.309. The molecule has 174 valence electrons. The number of nitrogens with zero attached hydrogens (tertiary/aromatic N) is 6. The highest BCUT2D eigenvalue weighted by Gasteiger charge is 2.50. The summed E-state index contributed by atoms with van der Waals surface area (Å²) in [5, 5.41) is 14.3. The number of aromatic amines is 1. The van der Waals surface area contributed by atoms with E-state index in [1.165, 1.54) is 0 Å². The Morgan fingerprint density at radius 2 is 1.88 bits per heavy atom. The van der Waals surface area contributed by atoms with Crippen molar-refractivity contribution in [3.8, 4) is 22.5 Å². The van der Waals surface area contributed by atoms with E-state index >= 15 is 0 Å². The van der Waals surface area contributed by atoms with Gasteiger partial charge in [-0.05, 0) is 36.1 Å². The number of pyridine rings is 1. The number of imidazole rings is 1. The first-order chi connectivity index (χ1) is 16.6. The fourth-order valence-electron chi connectivity index (χ4n) is 4.55. The summed E-state index contributed by atoms with van der Waals surface area (Å²) in [6, 6.07) is 11.4. The van der Waals surface area contributed by atoms with Gasteiger partial charge in [-0.2, -0.15) is 5.21 Å². The molecule has 1 aliphatic rings. The van der Waals surface area contributed by atoms with Crippen LogP contribution in [0.4, 0.5) is 0 Å². The number of unbranched alkanes of at least 4 members (excludes halogenated alkanes) is 1. The molecule has 4 aromatic rings. The highest BCUT2D eigenvalue weighted by Crippen LogP contribution is 2.40. The number of hydrogen-bond acceptors (Lipinski definition) is 6. The number of ketones is 1. The second kappa shape index (κ2) is 9.17. The van der Waals surface area contributed by atoms with Crippen LogP contribution in [0.5, 0.6) is 0 Å². The topological polar surface area (TPSA) is 111 Å². The molecule has 2 unspecified atom stereocenters. The van der Waals surface area contributed by atoms with Crippen molar-refractivity contribution < 1.29 is 4.79 Å². The zero-order chi connectivity index (χ0) is 23.7. The van der Waals surface area contributed by atoms with Gasteiger partial charge < -0.3 is 0 Å². The molecule has 1 N–H and O–H groups in total. The van der Waals surface area contributed by atoms with Crippen molar-refractivity contribution >= 4 is 5.78 Å². The Kier molecular flexibility index (Phi) is 5.91. The van der Waals surface area contributed by atoms with Gasteiger partial charge in [-0.1, -0.05) is 50.6 Å². The van der Waals surface area contributed by atoms with Gasteiger partial charge in [0.25, 0.3) is 0 Å². The molecule has 0 saturated heterocycles. The Bertz CT molecular complexity index is 1350.